The molecule has 0 aliphatic heterocycles. The van der Waals surface area contributed by atoms with Crippen molar-refractivity contribution in [3.05, 3.63) is 120 Å². The van der Waals surface area contributed by atoms with Crippen LogP contribution in [0.4, 0.5) is 0 Å². The SMILES string of the molecule is CC(C)(C)c1cc(-c2ccc3nc4c5cc6oc7ccccc7c6cc5n5c6ccccc6nc5n4c3c2)nc(-c2cc(C(C)(C)C)cc(C(C)(C)C)c2O)c1. The highest BCUT2D eigenvalue weighted by molar-refractivity contribution is 6.13. The van der Waals surface area contributed by atoms with Crippen molar-refractivity contribution in [1.29, 1.82) is 0 Å². The molecule has 1 N–H and O–H groups in total. The summed E-state index contributed by atoms with van der Waals surface area (Å²) in [7, 11) is 0. The summed E-state index contributed by atoms with van der Waals surface area (Å²) in [6.45, 7) is 19.8. The molecule has 0 fully saturated rings. The maximum atomic E-state index is 11.9. The molecule has 56 heavy (non-hydrogen) atoms. The molecule has 0 atom stereocenters. The van der Waals surface area contributed by atoms with Crippen LogP contribution in [-0.2, 0) is 16.2 Å². The summed E-state index contributed by atoms with van der Waals surface area (Å²) in [4.78, 5) is 15.9. The molecule has 10 rings (SSSR count). The summed E-state index contributed by atoms with van der Waals surface area (Å²) in [5, 5.41) is 15.1. The summed E-state index contributed by atoms with van der Waals surface area (Å²) >= 11 is 0. The van der Waals surface area contributed by atoms with Crippen LogP contribution >= 0.6 is 0 Å². The Kier molecular flexibility index (Phi) is 6.99. The second-order valence-electron chi connectivity index (χ2n) is 18.5. The summed E-state index contributed by atoms with van der Waals surface area (Å²) in [6.07, 6.45) is 0. The number of pyridine rings is 1. The fourth-order valence-corrected chi connectivity index (χ4v) is 8.23. The highest BCUT2D eigenvalue weighted by Gasteiger charge is 2.28. The Labute approximate surface area is 325 Å². The first kappa shape index (κ1) is 34.3. The van der Waals surface area contributed by atoms with Crippen molar-refractivity contribution >= 4 is 66.3 Å². The molecule has 0 aliphatic carbocycles. The standard InChI is InChI=1S/C49H45N5O2/c1-47(2,3)28-21-32(44(55)34(22-28)49(7,8)9)38-24-29(48(4,5)6)23-37(50-38)27-18-19-36-41(20-27)54-45(51-36)33-26-43-31(30-14-10-13-17-42(30)56-43)25-40(33)53-39-16-12-11-15-35(39)52-46(53)54/h10-26,55H,1-9H3. The van der Waals surface area contributed by atoms with Gasteiger partial charge in [0.15, 0.2) is 0 Å². The fraction of sp³-hybridized carbons (Fsp3) is 0.245. The van der Waals surface area contributed by atoms with Gasteiger partial charge < -0.3 is 9.52 Å². The Morgan fingerprint density at radius 3 is 1.98 bits per heavy atom. The van der Waals surface area contributed by atoms with Gasteiger partial charge in [-0.05, 0) is 88.0 Å². The monoisotopic (exact) mass is 735 g/mol. The van der Waals surface area contributed by atoms with Crippen LogP contribution in [0.2, 0.25) is 0 Å². The number of fused-ring (bicyclic) bond motifs is 13. The molecular formula is C49H45N5O2. The minimum Gasteiger partial charge on any atom is -0.507 e. The van der Waals surface area contributed by atoms with Crippen LogP contribution in [-0.4, -0.2) is 28.9 Å². The van der Waals surface area contributed by atoms with Gasteiger partial charge in [-0.1, -0.05) is 105 Å². The predicted octanol–water partition coefficient (Wildman–Crippen LogP) is 12.7. The number of phenolic OH excluding ortho intramolecular Hbond substituents is 1. The molecule has 0 radical (unpaired) electrons. The molecular weight excluding hydrogens is 691 g/mol. The van der Waals surface area contributed by atoms with Crippen LogP contribution < -0.4 is 0 Å². The zero-order valence-corrected chi connectivity index (χ0v) is 33.4. The van der Waals surface area contributed by atoms with E-state index in [2.05, 4.69) is 156 Å². The topological polar surface area (TPSA) is 80.9 Å². The number of hydrogen-bond donors (Lipinski definition) is 1. The van der Waals surface area contributed by atoms with Gasteiger partial charge in [0.2, 0.25) is 5.78 Å². The Balaban J connectivity index is 1.26. The van der Waals surface area contributed by atoms with Gasteiger partial charge in [-0.2, -0.15) is 0 Å². The third kappa shape index (κ3) is 5.13. The van der Waals surface area contributed by atoms with Crippen molar-refractivity contribution in [2.75, 3.05) is 0 Å². The summed E-state index contributed by atoms with van der Waals surface area (Å²) in [6, 6.07) is 35.8. The number of phenols is 1. The van der Waals surface area contributed by atoms with Crippen LogP contribution in [0.25, 0.3) is 88.8 Å². The molecule has 278 valence electrons. The third-order valence-electron chi connectivity index (χ3n) is 11.4. The molecule has 10 aromatic rings. The van der Waals surface area contributed by atoms with E-state index in [0.29, 0.717) is 0 Å². The van der Waals surface area contributed by atoms with E-state index in [1.165, 1.54) is 0 Å². The van der Waals surface area contributed by atoms with Crippen LogP contribution in [0, 0.1) is 0 Å². The van der Waals surface area contributed by atoms with Crippen molar-refractivity contribution in [2.24, 2.45) is 0 Å². The van der Waals surface area contributed by atoms with E-state index in [1.54, 1.807) is 0 Å². The molecule has 0 saturated carbocycles. The smallest absolute Gasteiger partial charge is 0.221 e. The summed E-state index contributed by atoms with van der Waals surface area (Å²) in [5.74, 6) is 1.07. The van der Waals surface area contributed by atoms with Crippen LogP contribution in [0.5, 0.6) is 5.75 Å². The highest BCUT2D eigenvalue weighted by Crippen LogP contribution is 2.44. The average Bonchev–Trinajstić information content (AvgIpc) is 3.83. The first-order valence-electron chi connectivity index (χ1n) is 19.4. The van der Waals surface area contributed by atoms with Crippen molar-refractivity contribution in [3.8, 4) is 28.3 Å². The molecule has 7 heteroatoms. The zero-order chi connectivity index (χ0) is 39.1. The number of para-hydroxylation sites is 3. The molecule has 7 nitrogen and oxygen atoms in total. The quantitative estimate of drug-likeness (QED) is 0.191. The summed E-state index contributed by atoms with van der Waals surface area (Å²) in [5.41, 5.74) is 13.2. The Morgan fingerprint density at radius 2 is 1.21 bits per heavy atom. The molecule has 0 amide bonds. The Morgan fingerprint density at radius 1 is 0.518 bits per heavy atom. The third-order valence-corrected chi connectivity index (χ3v) is 11.4. The lowest BCUT2D eigenvalue weighted by atomic mass is 9.78. The van der Waals surface area contributed by atoms with Crippen LogP contribution in [0.3, 0.4) is 0 Å². The lowest BCUT2D eigenvalue weighted by Gasteiger charge is -2.28. The summed E-state index contributed by atoms with van der Waals surface area (Å²) < 4.78 is 10.8. The molecule has 0 saturated heterocycles. The number of aromatic nitrogens is 5. The second kappa shape index (κ2) is 11.4. The van der Waals surface area contributed by atoms with Crippen molar-refractivity contribution in [1.82, 2.24) is 23.8 Å². The zero-order valence-electron chi connectivity index (χ0n) is 33.4. The van der Waals surface area contributed by atoms with Gasteiger partial charge in [0, 0.05) is 32.8 Å². The van der Waals surface area contributed by atoms with Gasteiger partial charge in [0.1, 0.15) is 22.6 Å². The second-order valence-corrected chi connectivity index (χ2v) is 18.5. The van der Waals surface area contributed by atoms with E-state index in [4.69, 9.17) is 19.4 Å². The van der Waals surface area contributed by atoms with E-state index in [0.717, 1.165) is 106 Å². The van der Waals surface area contributed by atoms with E-state index < -0.39 is 0 Å². The van der Waals surface area contributed by atoms with Gasteiger partial charge in [-0.25, -0.2) is 15.0 Å². The van der Waals surface area contributed by atoms with Gasteiger partial charge >= 0.3 is 0 Å². The molecule has 5 heterocycles. The lowest BCUT2D eigenvalue weighted by molar-refractivity contribution is 0.446. The number of benzene rings is 5. The van der Waals surface area contributed by atoms with Gasteiger partial charge in [0.05, 0.1) is 39.0 Å². The van der Waals surface area contributed by atoms with Crippen molar-refractivity contribution in [2.45, 2.75) is 78.6 Å². The number of hydrogen-bond acceptors (Lipinski definition) is 5. The van der Waals surface area contributed by atoms with Crippen molar-refractivity contribution in [3.63, 3.8) is 0 Å². The van der Waals surface area contributed by atoms with Gasteiger partial charge in [-0.3, -0.25) is 8.80 Å². The Bertz CT molecular complexity index is 3270. The van der Waals surface area contributed by atoms with Crippen LogP contribution in [0.15, 0.2) is 108 Å². The minimum absolute atomic E-state index is 0.121. The highest BCUT2D eigenvalue weighted by atomic mass is 16.3. The molecule has 0 aliphatic rings. The fourth-order valence-electron chi connectivity index (χ4n) is 8.23. The first-order valence-corrected chi connectivity index (χ1v) is 19.4. The number of rotatable bonds is 2. The maximum Gasteiger partial charge on any atom is 0.221 e. The number of nitrogens with zero attached hydrogens (tertiary/aromatic N) is 5. The largest absolute Gasteiger partial charge is 0.507 e. The first-order chi connectivity index (χ1) is 26.5. The van der Waals surface area contributed by atoms with E-state index in [1.807, 2.05) is 18.2 Å². The minimum atomic E-state index is -0.262. The number of imidazole rings is 2. The number of aromatic hydroxyl groups is 1. The molecule has 5 aromatic heterocycles. The molecule has 0 spiro atoms. The van der Waals surface area contributed by atoms with Gasteiger partial charge in [0.25, 0.3) is 0 Å². The average molecular weight is 736 g/mol. The van der Waals surface area contributed by atoms with Gasteiger partial charge in [-0.15, -0.1) is 0 Å². The van der Waals surface area contributed by atoms with Crippen LogP contribution in [0.1, 0.15) is 79.0 Å². The predicted molar refractivity (Wildman–Crippen MR) is 230 cm³/mol. The molecule has 0 bridgehead atoms. The molecule has 5 aromatic carbocycles. The normalized spacial score (nSPS) is 13.2. The number of furan rings is 1. The Hall–Kier alpha value is -6.21. The van der Waals surface area contributed by atoms with Crippen molar-refractivity contribution < 1.29 is 9.52 Å². The molecule has 0 unspecified atom stereocenters. The van der Waals surface area contributed by atoms with E-state index in [9.17, 15) is 5.11 Å². The van der Waals surface area contributed by atoms with E-state index >= 15 is 0 Å². The lowest BCUT2D eigenvalue weighted by Crippen LogP contribution is -2.17. The maximum absolute atomic E-state index is 11.9. The van der Waals surface area contributed by atoms with E-state index in [-0.39, 0.29) is 22.0 Å².